The molecule has 10 heteroatoms. The monoisotopic (exact) mass is 471 g/mol. The van der Waals surface area contributed by atoms with Gasteiger partial charge in [-0.05, 0) is 36.4 Å². The molecule has 30 heavy (non-hydrogen) atoms. The van der Waals surface area contributed by atoms with E-state index in [1.807, 2.05) is 0 Å². The first-order valence-corrected chi connectivity index (χ1v) is 9.55. The van der Waals surface area contributed by atoms with Gasteiger partial charge in [0.2, 0.25) is 0 Å². The van der Waals surface area contributed by atoms with E-state index in [1.165, 1.54) is 34.0 Å². The number of nitrogens with zero attached hydrogens (tertiary/aromatic N) is 4. The number of carbonyl (C=O) groups excluding carboxylic acids is 2. The predicted molar refractivity (Wildman–Crippen MR) is 109 cm³/mol. The standard InChI is InChI=1S/C20H15BrFN5O3/c1-26(9-11-7-12(21)4-5-13(11)22)20(29)15-8-14(16-3-2-6-30-16)25-19-17(18(23)28)24-10-27(15)19/h2-8,10H,9H2,1H3,(H2,23,28). The van der Waals surface area contributed by atoms with Crippen LogP contribution in [0.2, 0.25) is 0 Å². The maximum atomic E-state index is 14.1. The van der Waals surface area contributed by atoms with Crippen molar-refractivity contribution in [3.63, 3.8) is 0 Å². The van der Waals surface area contributed by atoms with Gasteiger partial charge in [0.25, 0.3) is 11.8 Å². The van der Waals surface area contributed by atoms with Crippen LogP contribution in [0.3, 0.4) is 0 Å². The van der Waals surface area contributed by atoms with Gasteiger partial charge in [-0.1, -0.05) is 15.9 Å². The molecule has 2 amide bonds. The number of hydrogen-bond acceptors (Lipinski definition) is 5. The molecule has 3 aromatic heterocycles. The molecule has 152 valence electrons. The summed E-state index contributed by atoms with van der Waals surface area (Å²) in [6.45, 7) is 0.0291. The Morgan fingerprint density at radius 1 is 1.30 bits per heavy atom. The number of aromatic nitrogens is 3. The summed E-state index contributed by atoms with van der Waals surface area (Å²) in [6, 6.07) is 9.39. The van der Waals surface area contributed by atoms with Crippen molar-refractivity contribution in [1.82, 2.24) is 19.3 Å². The maximum absolute atomic E-state index is 14.1. The molecule has 0 aliphatic heterocycles. The van der Waals surface area contributed by atoms with E-state index < -0.39 is 17.6 Å². The lowest BCUT2D eigenvalue weighted by Crippen LogP contribution is -2.28. The average molecular weight is 472 g/mol. The van der Waals surface area contributed by atoms with Crippen molar-refractivity contribution < 1.29 is 18.4 Å². The van der Waals surface area contributed by atoms with Crippen LogP contribution in [0, 0.1) is 5.82 Å². The smallest absolute Gasteiger partial charge is 0.271 e. The van der Waals surface area contributed by atoms with Gasteiger partial charge < -0.3 is 15.1 Å². The van der Waals surface area contributed by atoms with Crippen LogP contribution in [0.4, 0.5) is 4.39 Å². The summed E-state index contributed by atoms with van der Waals surface area (Å²) in [4.78, 5) is 34.7. The fourth-order valence-electron chi connectivity index (χ4n) is 3.05. The van der Waals surface area contributed by atoms with Gasteiger partial charge in [-0.25, -0.2) is 14.4 Å². The Morgan fingerprint density at radius 3 is 2.80 bits per heavy atom. The predicted octanol–water partition coefficient (Wildman–Crippen LogP) is 3.26. The van der Waals surface area contributed by atoms with Crippen LogP contribution in [-0.2, 0) is 6.54 Å². The molecule has 0 aliphatic carbocycles. The highest BCUT2D eigenvalue weighted by Crippen LogP contribution is 2.23. The highest BCUT2D eigenvalue weighted by Gasteiger charge is 2.23. The second kappa shape index (κ2) is 7.71. The van der Waals surface area contributed by atoms with Crippen molar-refractivity contribution in [3.05, 3.63) is 76.2 Å². The van der Waals surface area contributed by atoms with Gasteiger partial charge in [-0.3, -0.25) is 14.0 Å². The number of imidazole rings is 1. The number of furan rings is 1. The van der Waals surface area contributed by atoms with E-state index in [4.69, 9.17) is 10.2 Å². The summed E-state index contributed by atoms with van der Waals surface area (Å²) in [5.41, 5.74) is 6.30. The zero-order valence-corrected chi connectivity index (χ0v) is 17.3. The van der Waals surface area contributed by atoms with E-state index >= 15 is 0 Å². The third kappa shape index (κ3) is 3.57. The minimum absolute atomic E-state index is 0.0291. The Hall–Kier alpha value is -3.53. The van der Waals surface area contributed by atoms with Gasteiger partial charge in [0.05, 0.1) is 6.26 Å². The number of benzene rings is 1. The minimum Gasteiger partial charge on any atom is -0.463 e. The molecule has 1 aromatic carbocycles. The molecule has 0 aliphatic rings. The molecule has 0 radical (unpaired) electrons. The highest BCUT2D eigenvalue weighted by molar-refractivity contribution is 9.10. The molecule has 8 nitrogen and oxygen atoms in total. The lowest BCUT2D eigenvalue weighted by atomic mass is 10.2. The molecule has 0 bridgehead atoms. The van der Waals surface area contributed by atoms with Gasteiger partial charge >= 0.3 is 0 Å². The molecule has 0 unspecified atom stereocenters. The van der Waals surface area contributed by atoms with Crippen molar-refractivity contribution in [3.8, 4) is 11.5 Å². The quantitative estimate of drug-likeness (QED) is 0.480. The van der Waals surface area contributed by atoms with Gasteiger partial charge in [0.15, 0.2) is 17.1 Å². The third-order valence-corrected chi connectivity index (χ3v) is 4.98. The minimum atomic E-state index is -0.774. The second-order valence-corrected chi connectivity index (χ2v) is 7.47. The topological polar surface area (TPSA) is 107 Å². The summed E-state index contributed by atoms with van der Waals surface area (Å²) in [6.07, 6.45) is 2.77. The summed E-state index contributed by atoms with van der Waals surface area (Å²) >= 11 is 3.30. The maximum Gasteiger partial charge on any atom is 0.271 e. The van der Waals surface area contributed by atoms with E-state index in [0.29, 0.717) is 21.5 Å². The number of rotatable bonds is 5. The number of amides is 2. The summed E-state index contributed by atoms with van der Waals surface area (Å²) < 4.78 is 21.6. The SMILES string of the molecule is CN(Cc1cc(Br)ccc1F)C(=O)c1cc(-c2ccco2)nc2c(C(N)=O)ncn12. The van der Waals surface area contributed by atoms with Crippen LogP contribution in [-0.4, -0.2) is 38.1 Å². The van der Waals surface area contributed by atoms with E-state index in [1.54, 1.807) is 31.3 Å². The number of fused-ring (bicyclic) bond motifs is 1. The van der Waals surface area contributed by atoms with Crippen LogP contribution in [0.15, 0.2) is 57.9 Å². The summed E-state index contributed by atoms with van der Waals surface area (Å²) in [5.74, 6) is -1.22. The van der Waals surface area contributed by atoms with Crippen LogP contribution >= 0.6 is 15.9 Å². The lowest BCUT2D eigenvalue weighted by Gasteiger charge is -2.19. The van der Waals surface area contributed by atoms with Crippen LogP contribution in [0.5, 0.6) is 0 Å². The number of hydrogen-bond donors (Lipinski definition) is 1. The number of nitrogens with two attached hydrogens (primary N) is 1. The molecular weight excluding hydrogens is 457 g/mol. The van der Waals surface area contributed by atoms with Crippen LogP contribution in [0.25, 0.3) is 17.1 Å². The van der Waals surface area contributed by atoms with Crippen LogP contribution in [0.1, 0.15) is 26.5 Å². The fraction of sp³-hybridized carbons (Fsp3) is 0.100. The summed E-state index contributed by atoms with van der Waals surface area (Å²) in [5, 5.41) is 0. The van der Waals surface area contributed by atoms with E-state index in [9.17, 15) is 14.0 Å². The van der Waals surface area contributed by atoms with Gasteiger partial charge in [-0.15, -0.1) is 0 Å². The molecule has 4 aromatic rings. The number of halogens is 2. The molecule has 0 saturated heterocycles. The normalized spacial score (nSPS) is 11.0. The molecule has 0 saturated carbocycles. The van der Waals surface area contributed by atoms with E-state index in [2.05, 4.69) is 25.9 Å². The highest BCUT2D eigenvalue weighted by atomic mass is 79.9. The molecular formula is C20H15BrFN5O3. The third-order valence-electron chi connectivity index (χ3n) is 4.49. The van der Waals surface area contributed by atoms with Crippen molar-refractivity contribution in [2.75, 3.05) is 7.05 Å². The summed E-state index contributed by atoms with van der Waals surface area (Å²) in [7, 11) is 1.55. The second-order valence-electron chi connectivity index (χ2n) is 6.55. The molecule has 0 spiro atoms. The van der Waals surface area contributed by atoms with Gasteiger partial charge in [0.1, 0.15) is 23.5 Å². The van der Waals surface area contributed by atoms with Crippen molar-refractivity contribution >= 4 is 33.4 Å². The first kappa shape index (κ1) is 19.8. The lowest BCUT2D eigenvalue weighted by molar-refractivity contribution is 0.0776. The van der Waals surface area contributed by atoms with E-state index in [-0.39, 0.29) is 23.6 Å². The van der Waals surface area contributed by atoms with E-state index in [0.717, 1.165) is 0 Å². The largest absolute Gasteiger partial charge is 0.463 e. The average Bonchev–Trinajstić information content (AvgIpc) is 3.39. The van der Waals surface area contributed by atoms with Crippen molar-refractivity contribution in [2.45, 2.75) is 6.54 Å². The van der Waals surface area contributed by atoms with Crippen molar-refractivity contribution in [1.29, 1.82) is 0 Å². The fourth-order valence-corrected chi connectivity index (χ4v) is 3.46. The zero-order chi connectivity index (χ0) is 21.4. The molecule has 0 fully saturated rings. The van der Waals surface area contributed by atoms with Gasteiger partial charge in [-0.2, -0.15) is 0 Å². The van der Waals surface area contributed by atoms with Crippen molar-refractivity contribution in [2.24, 2.45) is 5.73 Å². The Bertz CT molecular complexity index is 1270. The van der Waals surface area contributed by atoms with Gasteiger partial charge in [0, 0.05) is 23.6 Å². The zero-order valence-electron chi connectivity index (χ0n) is 15.7. The Labute approximate surface area is 178 Å². The Morgan fingerprint density at radius 2 is 2.10 bits per heavy atom. The number of carbonyl (C=O) groups is 2. The first-order chi connectivity index (χ1) is 14.3. The number of primary amides is 1. The first-order valence-electron chi connectivity index (χ1n) is 8.76. The Kier molecular flexibility index (Phi) is 5.08. The molecule has 3 heterocycles. The molecule has 2 N–H and O–H groups in total. The van der Waals surface area contributed by atoms with Crippen LogP contribution < -0.4 is 5.73 Å². The Balaban J connectivity index is 1.79. The molecule has 0 atom stereocenters. The molecule has 4 rings (SSSR count).